The predicted molar refractivity (Wildman–Crippen MR) is 77.6 cm³/mol. The smallest absolute Gasteiger partial charge is 0.272 e. The first-order valence-corrected chi connectivity index (χ1v) is 8.94. The van der Waals surface area contributed by atoms with Gasteiger partial charge in [-0.1, -0.05) is 0 Å². The van der Waals surface area contributed by atoms with Gasteiger partial charge in [-0.3, -0.25) is 15.2 Å². The molecule has 23 heavy (non-hydrogen) atoms. The fraction of sp³-hybridized carbons (Fsp3) is 0. The van der Waals surface area contributed by atoms with E-state index < -0.39 is 26.0 Å². The van der Waals surface area contributed by atoms with Gasteiger partial charge in [-0.05, 0) is 24.3 Å². The van der Waals surface area contributed by atoms with Crippen LogP contribution in [0.15, 0.2) is 52.6 Å². The SMILES string of the molecule is NS(=O)(=O)c1ccc(S(=O)(=O)NNC(=O)c2cnccn2)cc1. The van der Waals surface area contributed by atoms with Crippen LogP contribution < -0.4 is 15.4 Å². The van der Waals surface area contributed by atoms with Crippen molar-refractivity contribution in [3.8, 4) is 0 Å². The molecule has 0 bridgehead atoms. The van der Waals surface area contributed by atoms with Gasteiger partial charge in [0.15, 0.2) is 0 Å². The zero-order chi connectivity index (χ0) is 17.1. The first-order valence-electron chi connectivity index (χ1n) is 5.91. The Balaban J connectivity index is 2.12. The number of rotatable bonds is 5. The van der Waals surface area contributed by atoms with Gasteiger partial charge in [-0.25, -0.2) is 27.0 Å². The van der Waals surface area contributed by atoms with Gasteiger partial charge in [-0.15, -0.1) is 4.83 Å². The fourth-order valence-electron chi connectivity index (χ4n) is 1.46. The second-order valence-electron chi connectivity index (χ2n) is 4.17. The average molecular weight is 357 g/mol. The normalized spacial score (nSPS) is 11.9. The number of nitrogens with one attached hydrogen (secondary N) is 2. The molecule has 122 valence electrons. The molecular formula is C11H11N5O5S2. The molecule has 1 aromatic heterocycles. The van der Waals surface area contributed by atoms with E-state index >= 15 is 0 Å². The number of nitrogens with two attached hydrogens (primary N) is 1. The molecule has 12 heteroatoms. The van der Waals surface area contributed by atoms with Crippen LogP contribution in [-0.2, 0) is 20.0 Å². The molecule has 0 fully saturated rings. The molecule has 4 N–H and O–H groups in total. The van der Waals surface area contributed by atoms with Crippen LogP contribution in [0.3, 0.4) is 0 Å². The lowest BCUT2D eigenvalue weighted by molar-refractivity contribution is 0.0939. The van der Waals surface area contributed by atoms with E-state index in [1.54, 1.807) is 0 Å². The number of nitrogens with zero attached hydrogens (tertiary/aromatic N) is 2. The van der Waals surface area contributed by atoms with Gasteiger partial charge in [0.05, 0.1) is 16.0 Å². The van der Waals surface area contributed by atoms with Crippen LogP contribution in [0.4, 0.5) is 0 Å². The third kappa shape index (κ3) is 4.29. The summed E-state index contributed by atoms with van der Waals surface area (Å²) in [7, 11) is -8.02. The van der Waals surface area contributed by atoms with Crippen molar-refractivity contribution in [3.05, 3.63) is 48.5 Å². The van der Waals surface area contributed by atoms with Gasteiger partial charge >= 0.3 is 0 Å². The van der Waals surface area contributed by atoms with Crippen LogP contribution >= 0.6 is 0 Å². The summed E-state index contributed by atoms with van der Waals surface area (Å²) in [5.74, 6) is -0.803. The second-order valence-corrected chi connectivity index (χ2v) is 7.41. The van der Waals surface area contributed by atoms with E-state index in [0.717, 1.165) is 30.5 Å². The maximum Gasteiger partial charge on any atom is 0.286 e. The second kappa shape index (κ2) is 6.37. The molecule has 1 aromatic carbocycles. The molecule has 0 radical (unpaired) electrons. The largest absolute Gasteiger partial charge is 0.286 e. The summed E-state index contributed by atoms with van der Waals surface area (Å²) in [5, 5.41) is 4.92. The van der Waals surface area contributed by atoms with E-state index in [9.17, 15) is 21.6 Å². The maximum absolute atomic E-state index is 12.0. The van der Waals surface area contributed by atoms with E-state index in [-0.39, 0.29) is 15.5 Å². The number of primary sulfonamides is 1. The summed E-state index contributed by atoms with van der Waals surface area (Å²) in [4.78, 5) is 20.4. The lowest BCUT2D eigenvalue weighted by Crippen LogP contribution is -2.41. The summed E-state index contributed by atoms with van der Waals surface area (Å²) in [6, 6.07) is 4.15. The molecule has 0 aliphatic heterocycles. The fourth-order valence-corrected chi connectivity index (χ4v) is 2.82. The highest BCUT2D eigenvalue weighted by atomic mass is 32.2. The minimum absolute atomic E-state index is 0.0835. The molecule has 0 saturated carbocycles. The van der Waals surface area contributed by atoms with Gasteiger partial charge in [-0.2, -0.15) is 0 Å². The quantitative estimate of drug-likeness (QED) is 0.563. The standard InChI is InChI=1S/C11H11N5O5S2/c12-22(18,19)8-1-3-9(4-2-8)23(20,21)16-15-11(17)10-7-13-5-6-14-10/h1-7,16H,(H,15,17)(H2,12,18,19). The number of aromatic nitrogens is 2. The lowest BCUT2D eigenvalue weighted by Gasteiger charge is -2.08. The molecule has 2 aromatic rings. The number of hydrazine groups is 1. The van der Waals surface area contributed by atoms with E-state index in [0.29, 0.717) is 0 Å². The number of amides is 1. The van der Waals surface area contributed by atoms with Crippen LogP contribution in [-0.4, -0.2) is 32.7 Å². The molecule has 10 nitrogen and oxygen atoms in total. The lowest BCUT2D eigenvalue weighted by atomic mass is 10.4. The maximum atomic E-state index is 12.0. The summed E-state index contributed by atoms with van der Waals surface area (Å²) in [5.41, 5.74) is 1.88. The molecule has 1 heterocycles. The third-order valence-electron chi connectivity index (χ3n) is 2.56. The number of hydrogen-bond donors (Lipinski definition) is 3. The summed E-state index contributed by atoms with van der Waals surface area (Å²) in [6.45, 7) is 0. The van der Waals surface area contributed by atoms with Crippen LogP contribution in [0.2, 0.25) is 0 Å². The molecule has 0 saturated heterocycles. The highest BCUT2D eigenvalue weighted by Crippen LogP contribution is 2.12. The Morgan fingerprint density at radius 3 is 2.13 bits per heavy atom. The number of carbonyl (C=O) groups excluding carboxylic acids is 1. The van der Waals surface area contributed by atoms with Crippen molar-refractivity contribution in [3.63, 3.8) is 0 Å². The zero-order valence-corrected chi connectivity index (χ0v) is 13.0. The molecule has 1 amide bonds. The van der Waals surface area contributed by atoms with Crippen molar-refractivity contribution in [2.24, 2.45) is 5.14 Å². The number of sulfonamides is 2. The minimum atomic E-state index is -4.09. The van der Waals surface area contributed by atoms with Gasteiger partial charge in [0.25, 0.3) is 15.9 Å². The Morgan fingerprint density at radius 2 is 1.61 bits per heavy atom. The van der Waals surface area contributed by atoms with Crippen molar-refractivity contribution in [2.75, 3.05) is 0 Å². The minimum Gasteiger partial charge on any atom is -0.272 e. The Bertz CT molecular complexity index is 911. The van der Waals surface area contributed by atoms with Crippen LogP contribution in [0, 0.1) is 0 Å². The molecule has 0 spiro atoms. The monoisotopic (exact) mass is 357 g/mol. The summed E-state index contributed by atoms with van der Waals surface area (Å²) in [6.07, 6.45) is 3.79. The molecule has 0 unspecified atom stereocenters. The van der Waals surface area contributed by atoms with Crippen molar-refractivity contribution in [2.45, 2.75) is 9.79 Å². The number of hydrogen-bond acceptors (Lipinski definition) is 7. The first kappa shape index (κ1) is 17.0. The average Bonchev–Trinajstić information content (AvgIpc) is 2.53. The Morgan fingerprint density at radius 1 is 1.00 bits per heavy atom. The molecule has 0 aliphatic rings. The third-order valence-corrected chi connectivity index (χ3v) is 4.75. The Labute approximate surface area is 131 Å². The predicted octanol–water partition coefficient (Wildman–Crippen LogP) is -1.25. The van der Waals surface area contributed by atoms with Crippen molar-refractivity contribution in [1.29, 1.82) is 0 Å². The Kier molecular flexibility index (Phi) is 4.70. The highest BCUT2D eigenvalue weighted by Gasteiger charge is 2.17. The van der Waals surface area contributed by atoms with E-state index in [4.69, 9.17) is 5.14 Å². The molecular weight excluding hydrogens is 346 g/mol. The summed E-state index contributed by atoms with van der Waals surface area (Å²) < 4.78 is 46.2. The van der Waals surface area contributed by atoms with E-state index in [1.807, 2.05) is 10.3 Å². The van der Waals surface area contributed by atoms with Gasteiger partial charge in [0.1, 0.15) is 5.69 Å². The molecule has 2 rings (SSSR count). The van der Waals surface area contributed by atoms with Gasteiger partial charge in [0.2, 0.25) is 10.0 Å². The molecule has 0 atom stereocenters. The van der Waals surface area contributed by atoms with Crippen LogP contribution in [0.1, 0.15) is 10.5 Å². The van der Waals surface area contributed by atoms with Crippen LogP contribution in [0.5, 0.6) is 0 Å². The Hall–Kier alpha value is -2.41. The van der Waals surface area contributed by atoms with Crippen LogP contribution in [0.25, 0.3) is 0 Å². The van der Waals surface area contributed by atoms with E-state index in [2.05, 4.69) is 9.97 Å². The number of benzene rings is 1. The van der Waals surface area contributed by atoms with Crippen molar-refractivity contribution >= 4 is 26.0 Å². The number of carbonyl (C=O) groups is 1. The van der Waals surface area contributed by atoms with E-state index in [1.165, 1.54) is 12.4 Å². The summed E-state index contributed by atoms with van der Waals surface area (Å²) >= 11 is 0. The molecule has 0 aliphatic carbocycles. The highest BCUT2D eigenvalue weighted by molar-refractivity contribution is 7.89. The van der Waals surface area contributed by atoms with Gasteiger partial charge < -0.3 is 0 Å². The van der Waals surface area contributed by atoms with Gasteiger partial charge in [0, 0.05) is 12.4 Å². The topological polar surface area (TPSA) is 161 Å². The zero-order valence-electron chi connectivity index (χ0n) is 11.4. The first-order chi connectivity index (χ1) is 10.7. The van der Waals surface area contributed by atoms with Crippen molar-refractivity contribution in [1.82, 2.24) is 20.2 Å². The van der Waals surface area contributed by atoms with Crippen molar-refractivity contribution < 1.29 is 21.6 Å².